The predicted octanol–water partition coefficient (Wildman–Crippen LogP) is 2.30. The fourth-order valence-electron chi connectivity index (χ4n) is 1.64. The Morgan fingerprint density at radius 3 is 1.75 bits per heavy atom. The number of rotatable bonds is 8. The van der Waals surface area contributed by atoms with E-state index in [1.165, 1.54) is 0 Å². The van der Waals surface area contributed by atoms with E-state index in [-0.39, 0.29) is 12.5 Å². The van der Waals surface area contributed by atoms with Crippen molar-refractivity contribution in [2.75, 3.05) is 6.54 Å². The first-order chi connectivity index (χ1) is 7.45. The van der Waals surface area contributed by atoms with E-state index in [0.29, 0.717) is 17.9 Å². The first kappa shape index (κ1) is 15.4. The van der Waals surface area contributed by atoms with Crippen LogP contribution in [0, 0.1) is 11.8 Å². The van der Waals surface area contributed by atoms with Crippen LogP contribution in [0.5, 0.6) is 0 Å². The third kappa shape index (κ3) is 8.72. The molecule has 0 aliphatic rings. The predicted molar refractivity (Wildman–Crippen MR) is 69.1 cm³/mol. The second kappa shape index (κ2) is 8.57. The molecule has 96 valence electrons. The Balaban J connectivity index is 3.99. The molecule has 0 fully saturated rings. The Bertz CT molecular complexity index is 178. The molecule has 0 rings (SSSR count). The van der Waals surface area contributed by atoms with Crippen LogP contribution in [0.4, 0.5) is 0 Å². The zero-order chi connectivity index (χ0) is 12.6. The highest BCUT2D eigenvalue weighted by Crippen LogP contribution is 2.13. The molecule has 0 aromatic rings. The first-order valence-corrected chi connectivity index (χ1v) is 6.45. The van der Waals surface area contributed by atoms with Gasteiger partial charge in [0.15, 0.2) is 0 Å². The zero-order valence-corrected chi connectivity index (χ0v) is 11.3. The molecule has 16 heavy (non-hydrogen) atoms. The molecule has 0 bridgehead atoms. The molecule has 3 heteroatoms. The maximum absolute atomic E-state index is 11.3. The van der Waals surface area contributed by atoms with Crippen LogP contribution in [-0.2, 0) is 4.79 Å². The van der Waals surface area contributed by atoms with Crippen LogP contribution < -0.4 is 11.1 Å². The van der Waals surface area contributed by atoms with Gasteiger partial charge in [0.25, 0.3) is 0 Å². The standard InChI is InChI=1S/C13H28N2O/c1-10(2)5-7-12(8-6-11(3)4)15-13(16)9-14/h10-12H,5-9,14H2,1-4H3,(H,15,16). The van der Waals surface area contributed by atoms with Crippen molar-refractivity contribution in [1.29, 1.82) is 0 Å². The molecule has 0 saturated heterocycles. The topological polar surface area (TPSA) is 55.1 Å². The molecule has 3 N–H and O–H groups in total. The molecule has 0 aromatic heterocycles. The highest BCUT2D eigenvalue weighted by atomic mass is 16.1. The summed E-state index contributed by atoms with van der Waals surface area (Å²) >= 11 is 0. The van der Waals surface area contributed by atoms with Gasteiger partial charge in [-0.3, -0.25) is 4.79 Å². The molecule has 0 radical (unpaired) electrons. The van der Waals surface area contributed by atoms with Gasteiger partial charge < -0.3 is 11.1 Å². The third-order valence-electron chi connectivity index (χ3n) is 2.74. The Morgan fingerprint density at radius 1 is 1.00 bits per heavy atom. The van der Waals surface area contributed by atoms with Crippen molar-refractivity contribution in [2.24, 2.45) is 17.6 Å². The van der Waals surface area contributed by atoms with E-state index >= 15 is 0 Å². The molecule has 0 atom stereocenters. The number of nitrogens with two attached hydrogens (primary N) is 1. The summed E-state index contributed by atoms with van der Waals surface area (Å²) in [5.41, 5.74) is 5.32. The van der Waals surface area contributed by atoms with Gasteiger partial charge in [0.1, 0.15) is 0 Å². The molecule has 0 aliphatic heterocycles. The molecule has 0 unspecified atom stereocenters. The van der Waals surface area contributed by atoms with E-state index in [4.69, 9.17) is 5.73 Å². The molecular formula is C13H28N2O. The minimum absolute atomic E-state index is 0.0301. The fraction of sp³-hybridized carbons (Fsp3) is 0.923. The minimum Gasteiger partial charge on any atom is -0.352 e. The SMILES string of the molecule is CC(C)CCC(CCC(C)C)NC(=O)CN. The summed E-state index contributed by atoms with van der Waals surface area (Å²) in [4.78, 5) is 11.3. The van der Waals surface area contributed by atoms with Crippen molar-refractivity contribution in [3.05, 3.63) is 0 Å². The van der Waals surface area contributed by atoms with Gasteiger partial charge in [0.05, 0.1) is 6.54 Å². The summed E-state index contributed by atoms with van der Waals surface area (Å²) in [5.74, 6) is 1.35. The molecular weight excluding hydrogens is 200 g/mol. The number of hydrogen-bond acceptors (Lipinski definition) is 2. The van der Waals surface area contributed by atoms with E-state index in [1.54, 1.807) is 0 Å². The smallest absolute Gasteiger partial charge is 0.233 e. The van der Waals surface area contributed by atoms with Crippen molar-refractivity contribution in [3.8, 4) is 0 Å². The summed E-state index contributed by atoms with van der Waals surface area (Å²) in [5, 5.41) is 3.01. The number of carbonyl (C=O) groups excluding carboxylic acids is 1. The van der Waals surface area contributed by atoms with Gasteiger partial charge in [-0.25, -0.2) is 0 Å². The van der Waals surface area contributed by atoms with Gasteiger partial charge in [-0.1, -0.05) is 27.7 Å². The summed E-state index contributed by atoms with van der Waals surface area (Å²) in [6, 6.07) is 0.306. The number of hydrogen-bond donors (Lipinski definition) is 2. The molecule has 0 aromatic carbocycles. The quantitative estimate of drug-likeness (QED) is 0.670. The van der Waals surface area contributed by atoms with Gasteiger partial charge in [-0.2, -0.15) is 0 Å². The molecule has 0 aliphatic carbocycles. The lowest BCUT2D eigenvalue weighted by Gasteiger charge is -2.20. The molecule has 1 amide bonds. The van der Waals surface area contributed by atoms with Crippen LogP contribution >= 0.6 is 0 Å². The van der Waals surface area contributed by atoms with Crippen LogP contribution in [0.2, 0.25) is 0 Å². The van der Waals surface area contributed by atoms with Gasteiger partial charge in [-0.15, -0.1) is 0 Å². The van der Waals surface area contributed by atoms with Crippen molar-refractivity contribution < 1.29 is 4.79 Å². The van der Waals surface area contributed by atoms with E-state index < -0.39 is 0 Å². The van der Waals surface area contributed by atoms with Gasteiger partial charge in [-0.05, 0) is 37.5 Å². The maximum Gasteiger partial charge on any atom is 0.233 e. The van der Waals surface area contributed by atoms with Crippen molar-refractivity contribution in [1.82, 2.24) is 5.32 Å². The van der Waals surface area contributed by atoms with E-state index in [0.717, 1.165) is 25.7 Å². The summed E-state index contributed by atoms with van der Waals surface area (Å²) in [6.07, 6.45) is 4.45. The second-order valence-corrected chi connectivity index (χ2v) is 5.41. The summed E-state index contributed by atoms with van der Waals surface area (Å²) < 4.78 is 0. The van der Waals surface area contributed by atoms with Crippen LogP contribution in [-0.4, -0.2) is 18.5 Å². The van der Waals surface area contributed by atoms with E-state index in [2.05, 4.69) is 33.0 Å². The normalized spacial score (nSPS) is 11.5. The fourth-order valence-corrected chi connectivity index (χ4v) is 1.64. The van der Waals surface area contributed by atoms with Crippen molar-refractivity contribution in [2.45, 2.75) is 59.4 Å². The van der Waals surface area contributed by atoms with Crippen molar-refractivity contribution in [3.63, 3.8) is 0 Å². The molecule has 3 nitrogen and oxygen atoms in total. The number of amides is 1. The Hall–Kier alpha value is -0.570. The molecule has 0 heterocycles. The molecule has 0 saturated carbocycles. The van der Waals surface area contributed by atoms with E-state index in [1.807, 2.05) is 0 Å². The van der Waals surface area contributed by atoms with Gasteiger partial charge in [0, 0.05) is 6.04 Å². The average molecular weight is 228 g/mol. The number of nitrogens with one attached hydrogen (secondary N) is 1. The lowest BCUT2D eigenvalue weighted by Crippen LogP contribution is -2.39. The average Bonchev–Trinajstić information content (AvgIpc) is 2.21. The molecule has 0 spiro atoms. The number of carbonyl (C=O) groups is 1. The van der Waals surface area contributed by atoms with Crippen molar-refractivity contribution >= 4 is 5.91 Å². The van der Waals surface area contributed by atoms with Crippen LogP contribution in [0.15, 0.2) is 0 Å². The van der Waals surface area contributed by atoms with Gasteiger partial charge in [0.2, 0.25) is 5.91 Å². The van der Waals surface area contributed by atoms with Gasteiger partial charge >= 0.3 is 0 Å². The lowest BCUT2D eigenvalue weighted by atomic mass is 9.97. The van der Waals surface area contributed by atoms with E-state index in [9.17, 15) is 4.79 Å². The second-order valence-electron chi connectivity index (χ2n) is 5.41. The summed E-state index contributed by atoms with van der Waals surface area (Å²) in [6.45, 7) is 8.95. The summed E-state index contributed by atoms with van der Waals surface area (Å²) in [7, 11) is 0. The van der Waals surface area contributed by atoms with Crippen LogP contribution in [0.25, 0.3) is 0 Å². The Kier molecular flexibility index (Phi) is 8.26. The largest absolute Gasteiger partial charge is 0.352 e. The Labute approximate surface area is 100 Å². The highest BCUT2D eigenvalue weighted by Gasteiger charge is 2.12. The maximum atomic E-state index is 11.3. The van der Waals surface area contributed by atoms with Crippen LogP contribution in [0.3, 0.4) is 0 Å². The Morgan fingerprint density at radius 2 is 1.44 bits per heavy atom. The zero-order valence-electron chi connectivity index (χ0n) is 11.3. The minimum atomic E-state index is -0.0301. The third-order valence-corrected chi connectivity index (χ3v) is 2.74. The first-order valence-electron chi connectivity index (χ1n) is 6.45. The highest BCUT2D eigenvalue weighted by molar-refractivity contribution is 5.78. The lowest BCUT2D eigenvalue weighted by molar-refractivity contribution is -0.120. The van der Waals surface area contributed by atoms with Crippen LogP contribution in [0.1, 0.15) is 53.4 Å². The monoisotopic (exact) mass is 228 g/mol.